The molecule has 2 aliphatic rings. The Kier molecular flexibility index (Phi) is 4.32. The summed E-state index contributed by atoms with van der Waals surface area (Å²) < 4.78 is 28.4. The SMILES string of the molecule is CC(=O)Nc1cc2c(cn1)C1(CC1)CN2c1cc(C)cc(-c2cnn(C)c2C(F)F)n1. The van der Waals surface area contributed by atoms with Crippen LogP contribution in [-0.4, -0.2) is 32.2 Å². The smallest absolute Gasteiger partial charge is 0.280 e. The Labute approximate surface area is 178 Å². The van der Waals surface area contributed by atoms with Crippen LogP contribution < -0.4 is 10.2 Å². The van der Waals surface area contributed by atoms with Crippen LogP contribution in [0.25, 0.3) is 11.3 Å². The molecule has 5 rings (SSSR count). The normalized spacial score (nSPS) is 16.1. The Balaban J connectivity index is 1.60. The summed E-state index contributed by atoms with van der Waals surface area (Å²) in [4.78, 5) is 22.7. The van der Waals surface area contributed by atoms with Crippen LogP contribution in [0.3, 0.4) is 0 Å². The molecule has 1 aliphatic heterocycles. The van der Waals surface area contributed by atoms with Crippen LogP contribution in [0.1, 0.15) is 43.0 Å². The molecule has 1 fully saturated rings. The number of amides is 1. The Bertz CT molecular complexity index is 1200. The Hall–Kier alpha value is -3.36. The van der Waals surface area contributed by atoms with Gasteiger partial charge >= 0.3 is 0 Å². The maximum Gasteiger partial charge on any atom is 0.280 e. The second kappa shape index (κ2) is 6.83. The van der Waals surface area contributed by atoms with Gasteiger partial charge in [0.25, 0.3) is 6.43 Å². The van der Waals surface area contributed by atoms with Crippen molar-refractivity contribution in [1.29, 1.82) is 0 Å². The highest BCUT2D eigenvalue weighted by molar-refractivity contribution is 5.89. The fourth-order valence-electron chi connectivity index (χ4n) is 4.41. The van der Waals surface area contributed by atoms with E-state index in [-0.39, 0.29) is 17.0 Å². The summed E-state index contributed by atoms with van der Waals surface area (Å²) in [6.45, 7) is 4.11. The third kappa shape index (κ3) is 3.24. The van der Waals surface area contributed by atoms with Crippen molar-refractivity contribution in [3.05, 3.63) is 47.4 Å². The first-order valence-electron chi connectivity index (χ1n) is 10.1. The van der Waals surface area contributed by atoms with Gasteiger partial charge in [-0.15, -0.1) is 0 Å². The lowest BCUT2D eigenvalue weighted by Gasteiger charge is -2.21. The van der Waals surface area contributed by atoms with Crippen LogP contribution in [0.4, 0.5) is 26.1 Å². The molecule has 1 spiro atoms. The monoisotopic (exact) mass is 424 g/mol. The van der Waals surface area contributed by atoms with Gasteiger partial charge in [0, 0.05) is 49.3 Å². The van der Waals surface area contributed by atoms with Gasteiger partial charge in [-0.3, -0.25) is 9.48 Å². The van der Waals surface area contributed by atoms with Crippen molar-refractivity contribution in [2.75, 3.05) is 16.8 Å². The molecule has 4 heterocycles. The molecule has 0 atom stereocenters. The first-order valence-corrected chi connectivity index (χ1v) is 10.1. The zero-order chi connectivity index (χ0) is 21.9. The van der Waals surface area contributed by atoms with Crippen LogP contribution >= 0.6 is 0 Å². The number of carbonyl (C=O) groups is 1. The summed E-state index contributed by atoms with van der Waals surface area (Å²) in [5.74, 6) is 0.975. The molecule has 31 heavy (non-hydrogen) atoms. The summed E-state index contributed by atoms with van der Waals surface area (Å²) in [6.07, 6.45) is 2.75. The third-order valence-electron chi connectivity index (χ3n) is 6.06. The third-order valence-corrected chi connectivity index (χ3v) is 6.06. The molecule has 3 aromatic heterocycles. The average molecular weight is 424 g/mol. The molecule has 160 valence electrons. The molecule has 1 saturated carbocycles. The fourth-order valence-corrected chi connectivity index (χ4v) is 4.41. The lowest BCUT2D eigenvalue weighted by molar-refractivity contribution is -0.114. The molecule has 1 amide bonds. The number of hydrogen-bond acceptors (Lipinski definition) is 5. The van der Waals surface area contributed by atoms with E-state index in [2.05, 4.69) is 20.3 Å². The Morgan fingerprint density at radius 3 is 2.68 bits per heavy atom. The largest absolute Gasteiger partial charge is 0.325 e. The lowest BCUT2D eigenvalue weighted by atomic mass is 10.0. The van der Waals surface area contributed by atoms with E-state index in [4.69, 9.17) is 4.98 Å². The van der Waals surface area contributed by atoms with Gasteiger partial charge in [-0.1, -0.05) is 0 Å². The van der Waals surface area contributed by atoms with E-state index >= 15 is 0 Å². The molecule has 0 unspecified atom stereocenters. The van der Waals surface area contributed by atoms with Crippen molar-refractivity contribution >= 4 is 23.2 Å². The molecule has 3 aromatic rings. The molecule has 0 radical (unpaired) electrons. The average Bonchev–Trinajstić information content (AvgIpc) is 3.26. The summed E-state index contributed by atoms with van der Waals surface area (Å²) in [6, 6.07) is 5.61. The van der Waals surface area contributed by atoms with Crippen molar-refractivity contribution in [3.63, 3.8) is 0 Å². The molecule has 1 aliphatic carbocycles. The molecule has 9 heteroatoms. The summed E-state index contributed by atoms with van der Waals surface area (Å²) in [5, 5.41) is 6.75. The zero-order valence-electron chi connectivity index (χ0n) is 17.5. The number of aryl methyl sites for hydroxylation is 2. The van der Waals surface area contributed by atoms with Gasteiger partial charge in [0.1, 0.15) is 17.3 Å². The molecular formula is C22H22F2N6O. The number of nitrogens with zero attached hydrogens (tertiary/aromatic N) is 5. The number of rotatable bonds is 4. The van der Waals surface area contributed by atoms with Gasteiger partial charge in [0.2, 0.25) is 5.91 Å². The minimum Gasteiger partial charge on any atom is -0.325 e. The number of halogens is 2. The number of anilines is 3. The molecule has 0 bridgehead atoms. The van der Waals surface area contributed by atoms with Gasteiger partial charge in [-0.2, -0.15) is 5.10 Å². The van der Waals surface area contributed by atoms with Gasteiger partial charge < -0.3 is 10.2 Å². The minimum absolute atomic E-state index is 0.0467. The van der Waals surface area contributed by atoms with Crippen LogP contribution in [0.5, 0.6) is 0 Å². The Morgan fingerprint density at radius 1 is 1.23 bits per heavy atom. The predicted molar refractivity (Wildman–Crippen MR) is 113 cm³/mol. The quantitative estimate of drug-likeness (QED) is 0.677. The molecule has 0 saturated heterocycles. The van der Waals surface area contributed by atoms with Crippen molar-refractivity contribution in [2.24, 2.45) is 7.05 Å². The van der Waals surface area contributed by atoms with Crippen molar-refractivity contribution in [3.8, 4) is 11.3 Å². The first-order chi connectivity index (χ1) is 14.8. The molecule has 0 aromatic carbocycles. The van der Waals surface area contributed by atoms with Crippen molar-refractivity contribution < 1.29 is 13.6 Å². The zero-order valence-corrected chi connectivity index (χ0v) is 17.5. The number of carbonyl (C=O) groups excluding carboxylic acids is 1. The maximum atomic E-state index is 13.6. The van der Waals surface area contributed by atoms with E-state index in [1.54, 1.807) is 6.07 Å². The number of hydrogen-bond donors (Lipinski definition) is 1. The first kappa shape index (κ1) is 19.6. The topological polar surface area (TPSA) is 75.9 Å². The van der Waals surface area contributed by atoms with Crippen LogP contribution in [-0.2, 0) is 17.3 Å². The van der Waals surface area contributed by atoms with Gasteiger partial charge in [0.15, 0.2) is 0 Å². The summed E-state index contributed by atoms with van der Waals surface area (Å²) in [7, 11) is 1.51. The summed E-state index contributed by atoms with van der Waals surface area (Å²) >= 11 is 0. The fraction of sp³-hybridized carbons (Fsp3) is 0.364. The van der Waals surface area contributed by atoms with Crippen molar-refractivity contribution in [2.45, 2.75) is 38.5 Å². The van der Waals surface area contributed by atoms with E-state index in [1.165, 1.54) is 24.9 Å². The standard InChI is InChI=1S/C22H22F2N6O/c1-12-6-16(14-9-26-29(3)20(14)21(23)24)28-19(7-12)30-11-22(4-5-22)15-10-25-18(8-17(15)30)27-13(2)31/h6-10,21H,4-5,11H2,1-3H3,(H,25,27,31). The lowest BCUT2D eigenvalue weighted by Crippen LogP contribution is -2.20. The predicted octanol–water partition coefficient (Wildman–Crippen LogP) is 4.26. The summed E-state index contributed by atoms with van der Waals surface area (Å²) in [5.41, 5.74) is 3.69. The molecule has 1 N–H and O–H groups in total. The van der Waals surface area contributed by atoms with E-state index in [0.717, 1.165) is 36.2 Å². The van der Waals surface area contributed by atoms with Crippen LogP contribution in [0, 0.1) is 6.92 Å². The van der Waals surface area contributed by atoms with E-state index < -0.39 is 6.43 Å². The highest BCUT2D eigenvalue weighted by Gasteiger charge is 2.52. The van der Waals surface area contributed by atoms with E-state index in [9.17, 15) is 13.6 Å². The highest BCUT2D eigenvalue weighted by atomic mass is 19.3. The van der Waals surface area contributed by atoms with Gasteiger partial charge in [-0.05, 0) is 37.5 Å². The number of pyridine rings is 2. The van der Waals surface area contributed by atoms with E-state index in [0.29, 0.717) is 22.9 Å². The highest BCUT2D eigenvalue weighted by Crippen LogP contribution is 2.58. The van der Waals surface area contributed by atoms with Crippen LogP contribution in [0.15, 0.2) is 30.6 Å². The molecule has 7 nitrogen and oxygen atoms in total. The second-order valence-electron chi connectivity index (χ2n) is 8.39. The minimum atomic E-state index is -2.65. The van der Waals surface area contributed by atoms with Crippen molar-refractivity contribution in [1.82, 2.24) is 19.7 Å². The maximum absolute atomic E-state index is 13.6. The molecular weight excluding hydrogens is 402 g/mol. The van der Waals surface area contributed by atoms with Crippen LogP contribution in [0.2, 0.25) is 0 Å². The Morgan fingerprint density at radius 2 is 2.00 bits per heavy atom. The number of nitrogens with one attached hydrogen (secondary N) is 1. The van der Waals surface area contributed by atoms with Gasteiger partial charge in [-0.25, -0.2) is 18.7 Å². The number of fused-ring (bicyclic) bond motifs is 2. The van der Waals surface area contributed by atoms with E-state index in [1.807, 2.05) is 25.3 Å². The second-order valence-corrected chi connectivity index (χ2v) is 8.39. The number of alkyl halides is 2. The van der Waals surface area contributed by atoms with Gasteiger partial charge in [0.05, 0.1) is 17.6 Å². The number of aromatic nitrogens is 4.